The van der Waals surface area contributed by atoms with Crippen molar-refractivity contribution in [2.45, 2.75) is 65.3 Å². The zero-order valence-corrected chi connectivity index (χ0v) is 22.2. The van der Waals surface area contributed by atoms with E-state index in [4.69, 9.17) is 0 Å². The Kier molecular flexibility index (Phi) is 5.63. The summed E-state index contributed by atoms with van der Waals surface area (Å²) in [6.45, 7) is 16.4. The minimum atomic E-state index is -0.0964. The second-order valence-electron chi connectivity index (χ2n) is 11.7. The van der Waals surface area contributed by atoms with Gasteiger partial charge in [0.25, 0.3) is 0 Å². The van der Waals surface area contributed by atoms with Crippen molar-refractivity contribution >= 4 is 11.4 Å². The van der Waals surface area contributed by atoms with Crippen molar-refractivity contribution in [1.29, 1.82) is 0 Å². The third kappa shape index (κ3) is 3.88. The molecule has 0 aliphatic heterocycles. The highest BCUT2D eigenvalue weighted by Crippen LogP contribution is 2.54. The van der Waals surface area contributed by atoms with Gasteiger partial charge in [-0.2, -0.15) is 0 Å². The van der Waals surface area contributed by atoms with Gasteiger partial charge >= 0.3 is 0 Å². The topological polar surface area (TPSA) is 3.24 Å². The van der Waals surface area contributed by atoms with Crippen LogP contribution in [0.2, 0.25) is 0 Å². The van der Waals surface area contributed by atoms with Gasteiger partial charge in [-0.1, -0.05) is 100 Å². The summed E-state index contributed by atoms with van der Waals surface area (Å²) in [6.07, 6.45) is 0. The summed E-state index contributed by atoms with van der Waals surface area (Å²) in [7, 11) is 0. The lowest BCUT2D eigenvalue weighted by Crippen LogP contribution is -2.38. The van der Waals surface area contributed by atoms with E-state index in [1.807, 2.05) is 0 Å². The van der Waals surface area contributed by atoms with Gasteiger partial charge in [-0.05, 0) is 83.8 Å². The molecule has 0 bridgehead atoms. The van der Waals surface area contributed by atoms with E-state index >= 15 is 0 Å². The van der Waals surface area contributed by atoms with Crippen LogP contribution in [0.4, 0.5) is 11.4 Å². The molecule has 0 aromatic heterocycles. The molecule has 5 rings (SSSR count). The lowest BCUT2D eigenvalue weighted by Gasteiger charge is -2.40. The third-order valence-electron chi connectivity index (χ3n) is 7.47. The van der Waals surface area contributed by atoms with E-state index in [1.54, 1.807) is 0 Å². The number of hydrogen-bond donors (Lipinski definition) is 0. The van der Waals surface area contributed by atoms with E-state index < -0.39 is 0 Å². The van der Waals surface area contributed by atoms with Gasteiger partial charge in [0.05, 0.1) is 0 Å². The van der Waals surface area contributed by atoms with Crippen molar-refractivity contribution < 1.29 is 0 Å². The Labute approximate surface area is 211 Å². The largest absolute Gasteiger partial charge is 0.336 e. The first kappa shape index (κ1) is 23.4. The fraction of sp³-hybridized carbons (Fsp3) is 0.294. The number of fused-ring (bicyclic) bond motifs is 3. The highest BCUT2D eigenvalue weighted by Gasteiger charge is 2.39. The highest BCUT2D eigenvalue weighted by molar-refractivity contribution is 5.89. The van der Waals surface area contributed by atoms with Crippen molar-refractivity contribution in [3.8, 4) is 22.3 Å². The fourth-order valence-corrected chi connectivity index (χ4v) is 5.93. The molecule has 0 heterocycles. The third-order valence-corrected chi connectivity index (χ3v) is 7.47. The molecule has 35 heavy (non-hydrogen) atoms. The summed E-state index contributed by atoms with van der Waals surface area (Å²) < 4.78 is 0. The van der Waals surface area contributed by atoms with E-state index in [1.165, 1.54) is 50.3 Å². The maximum Gasteiger partial charge on any atom is 0.0457 e. The van der Waals surface area contributed by atoms with Crippen LogP contribution >= 0.6 is 0 Å². The number of hydrogen-bond acceptors (Lipinski definition) is 1. The molecule has 1 nitrogen and oxygen atoms in total. The molecule has 178 valence electrons. The van der Waals surface area contributed by atoms with Crippen molar-refractivity contribution in [1.82, 2.24) is 0 Å². The van der Waals surface area contributed by atoms with Gasteiger partial charge in [-0.25, -0.2) is 0 Å². The molecular formula is C34H37N. The average molecular weight is 460 g/mol. The van der Waals surface area contributed by atoms with E-state index in [0.29, 0.717) is 5.92 Å². The zero-order valence-electron chi connectivity index (χ0n) is 22.2. The normalized spacial score (nSPS) is 14.1. The van der Waals surface area contributed by atoms with Crippen LogP contribution in [0, 0.1) is 0 Å². The number of rotatable bonds is 4. The van der Waals surface area contributed by atoms with E-state index in [2.05, 4.69) is 144 Å². The van der Waals surface area contributed by atoms with Crippen molar-refractivity contribution in [3.63, 3.8) is 0 Å². The van der Waals surface area contributed by atoms with Gasteiger partial charge in [0, 0.05) is 22.3 Å². The Morgan fingerprint density at radius 1 is 0.686 bits per heavy atom. The van der Waals surface area contributed by atoms with E-state index in [0.717, 1.165) is 0 Å². The van der Waals surface area contributed by atoms with Crippen LogP contribution in [-0.4, -0.2) is 5.54 Å². The molecule has 1 aliphatic carbocycles. The van der Waals surface area contributed by atoms with E-state index in [-0.39, 0.29) is 11.0 Å². The summed E-state index contributed by atoms with van der Waals surface area (Å²) in [5.41, 5.74) is 12.1. The van der Waals surface area contributed by atoms with Crippen LogP contribution in [0.5, 0.6) is 0 Å². The summed E-state index contributed by atoms with van der Waals surface area (Å²) in [6, 6.07) is 33.4. The van der Waals surface area contributed by atoms with Gasteiger partial charge in [0.1, 0.15) is 0 Å². The van der Waals surface area contributed by atoms with Crippen LogP contribution in [0.1, 0.15) is 71.1 Å². The van der Waals surface area contributed by atoms with Crippen molar-refractivity contribution in [2.75, 3.05) is 4.90 Å². The fourth-order valence-electron chi connectivity index (χ4n) is 5.93. The van der Waals surface area contributed by atoms with Gasteiger partial charge in [-0.15, -0.1) is 0 Å². The van der Waals surface area contributed by atoms with Gasteiger partial charge in [-0.3, -0.25) is 0 Å². The first-order valence-electron chi connectivity index (χ1n) is 12.8. The van der Waals surface area contributed by atoms with Crippen LogP contribution in [0.3, 0.4) is 0 Å². The molecule has 0 radical (unpaired) electrons. The molecular weight excluding hydrogens is 422 g/mol. The first-order valence-corrected chi connectivity index (χ1v) is 12.8. The minimum Gasteiger partial charge on any atom is -0.336 e. The van der Waals surface area contributed by atoms with Crippen molar-refractivity contribution in [2.24, 2.45) is 0 Å². The maximum atomic E-state index is 2.54. The lowest BCUT2D eigenvalue weighted by molar-refractivity contribution is 0.557. The van der Waals surface area contributed by atoms with Gasteiger partial charge in [0.15, 0.2) is 0 Å². The quantitative estimate of drug-likeness (QED) is 0.293. The molecule has 1 aliphatic rings. The standard InChI is InChI=1S/C34H37N/c1-23(2)31-30(21-20-29-32(31)27-18-11-12-19-28(27)34(29,6)7)35(33(3,4)5)26-17-13-16-25(22-26)24-14-9-8-10-15-24/h8-23H,1-7H3. The van der Waals surface area contributed by atoms with Crippen LogP contribution in [-0.2, 0) is 5.41 Å². The van der Waals surface area contributed by atoms with Crippen LogP contribution in [0.15, 0.2) is 91.0 Å². The molecule has 0 saturated carbocycles. The Bertz CT molecular complexity index is 1370. The molecule has 0 N–H and O–H groups in total. The maximum absolute atomic E-state index is 2.54. The molecule has 0 saturated heterocycles. The molecule has 4 aromatic carbocycles. The van der Waals surface area contributed by atoms with Crippen molar-refractivity contribution in [3.05, 3.63) is 108 Å². The van der Waals surface area contributed by atoms with Crippen LogP contribution in [0.25, 0.3) is 22.3 Å². The smallest absolute Gasteiger partial charge is 0.0457 e. The molecule has 0 spiro atoms. The van der Waals surface area contributed by atoms with E-state index in [9.17, 15) is 0 Å². The number of nitrogens with zero attached hydrogens (tertiary/aromatic N) is 1. The van der Waals surface area contributed by atoms with Crippen LogP contribution < -0.4 is 4.90 Å². The summed E-state index contributed by atoms with van der Waals surface area (Å²) in [5.74, 6) is 0.393. The SMILES string of the molecule is CC(C)c1c(N(c2cccc(-c3ccccc3)c2)C(C)(C)C)ccc2c1-c1ccccc1C2(C)C. The second-order valence-corrected chi connectivity index (χ2v) is 11.7. The summed E-state index contributed by atoms with van der Waals surface area (Å²) >= 11 is 0. The number of anilines is 2. The molecule has 0 atom stereocenters. The summed E-state index contributed by atoms with van der Waals surface area (Å²) in [4.78, 5) is 2.54. The molecule has 0 fully saturated rings. The first-order chi connectivity index (χ1) is 16.6. The number of benzene rings is 4. The predicted molar refractivity (Wildman–Crippen MR) is 152 cm³/mol. The summed E-state index contributed by atoms with van der Waals surface area (Å²) in [5, 5.41) is 0. The second kappa shape index (κ2) is 8.41. The van der Waals surface area contributed by atoms with Gasteiger partial charge in [0.2, 0.25) is 0 Å². The van der Waals surface area contributed by atoms with Gasteiger partial charge < -0.3 is 4.90 Å². The lowest BCUT2D eigenvalue weighted by atomic mass is 9.81. The Hall–Kier alpha value is -3.32. The monoisotopic (exact) mass is 459 g/mol. The average Bonchev–Trinajstić information content (AvgIpc) is 3.06. The molecule has 0 unspecified atom stereocenters. The Morgan fingerprint density at radius 2 is 1.34 bits per heavy atom. The zero-order chi connectivity index (χ0) is 25.0. The Balaban J connectivity index is 1.76. The highest BCUT2D eigenvalue weighted by atomic mass is 15.2. The minimum absolute atomic E-state index is 0.00782. The molecule has 1 heteroatoms. The Morgan fingerprint density at radius 3 is 2.03 bits per heavy atom. The predicted octanol–water partition coefficient (Wildman–Crippen LogP) is 9.72. The molecule has 0 amide bonds. The molecule has 4 aromatic rings.